The van der Waals surface area contributed by atoms with Gasteiger partial charge in [-0.3, -0.25) is 14.8 Å². The van der Waals surface area contributed by atoms with Crippen LogP contribution in [-0.2, 0) is 0 Å². The summed E-state index contributed by atoms with van der Waals surface area (Å²) in [4.78, 5) is 27.5. The Kier molecular flexibility index (Phi) is 3.00. The molecule has 0 N–H and O–H groups in total. The predicted molar refractivity (Wildman–Crippen MR) is 109 cm³/mol. The third-order valence-corrected chi connectivity index (χ3v) is 5.32. The molecule has 5 aromatic rings. The molecule has 6 rings (SSSR count). The summed E-state index contributed by atoms with van der Waals surface area (Å²) in [6.45, 7) is 0. The maximum Gasteiger partial charge on any atom is 0.214 e. The number of carbonyl (C=O) groups is 1. The molecule has 0 spiro atoms. The Balaban J connectivity index is 1.78. The molecule has 0 radical (unpaired) electrons. The fourth-order valence-corrected chi connectivity index (χ4v) is 4.09. The SMILES string of the molecule is O=C1c2c(-c3ccccc3)ccnc2-c2nccc3c2c1nc1ccccc13. The highest BCUT2D eigenvalue weighted by atomic mass is 16.1. The number of aromatic nitrogens is 3. The van der Waals surface area contributed by atoms with Crippen LogP contribution in [0.3, 0.4) is 0 Å². The van der Waals surface area contributed by atoms with Gasteiger partial charge in [0.25, 0.3) is 0 Å². The number of pyridine rings is 3. The fraction of sp³-hybridized carbons (Fsp3) is 0. The van der Waals surface area contributed by atoms with E-state index in [0.717, 1.165) is 38.5 Å². The van der Waals surface area contributed by atoms with Crippen LogP contribution >= 0.6 is 0 Å². The highest BCUT2D eigenvalue weighted by Gasteiger charge is 2.31. The molecule has 3 aromatic heterocycles. The fourth-order valence-electron chi connectivity index (χ4n) is 4.09. The molecule has 0 amide bonds. The van der Waals surface area contributed by atoms with E-state index in [-0.39, 0.29) is 5.78 Å². The summed E-state index contributed by atoms with van der Waals surface area (Å²) < 4.78 is 0. The highest BCUT2D eigenvalue weighted by molar-refractivity contribution is 6.28. The summed E-state index contributed by atoms with van der Waals surface area (Å²) in [7, 11) is 0. The maximum atomic E-state index is 13.6. The van der Waals surface area contributed by atoms with Gasteiger partial charge in [-0.1, -0.05) is 48.5 Å². The van der Waals surface area contributed by atoms with Crippen LogP contribution in [0.1, 0.15) is 16.1 Å². The van der Waals surface area contributed by atoms with Crippen LogP contribution in [0, 0.1) is 0 Å². The molecular formula is C24H13N3O. The van der Waals surface area contributed by atoms with Crippen molar-refractivity contribution in [2.75, 3.05) is 0 Å². The van der Waals surface area contributed by atoms with Crippen molar-refractivity contribution in [2.24, 2.45) is 0 Å². The summed E-state index contributed by atoms with van der Waals surface area (Å²) in [5.41, 5.74) is 5.02. The first-order valence-corrected chi connectivity index (χ1v) is 9.10. The summed E-state index contributed by atoms with van der Waals surface area (Å²) in [5.74, 6) is -0.0989. The minimum Gasteiger partial charge on any atom is -0.287 e. The number of benzene rings is 2. The summed E-state index contributed by atoms with van der Waals surface area (Å²) >= 11 is 0. The van der Waals surface area contributed by atoms with E-state index in [2.05, 4.69) is 9.97 Å². The van der Waals surface area contributed by atoms with E-state index in [1.807, 2.05) is 66.7 Å². The van der Waals surface area contributed by atoms with Crippen molar-refractivity contribution in [2.45, 2.75) is 0 Å². The molecule has 4 nitrogen and oxygen atoms in total. The van der Waals surface area contributed by atoms with Gasteiger partial charge in [-0.2, -0.15) is 0 Å². The Hall–Kier alpha value is -3.92. The van der Waals surface area contributed by atoms with Crippen LogP contribution in [0.25, 0.3) is 44.2 Å². The molecule has 0 fully saturated rings. The molecule has 1 aliphatic carbocycles. The first-order chi connectivity index (χ1) is 13.8. The van der Waals surface area contributed by atoms with Crippen molar-refractivity contribution in [3.63, 3.8) is 0 Å². The van der Waals surface area contributed by atoms with Gasteiger partial charge < -0.3 is 0 Å². The monoisotopic (exact) mass is 359 g/mol. The molecule has 2 aromatic carbocycles. The highest BCUT2D eigenvalue weighted by Crippen LogP contribution is 2.41. The molecule has 3 heterocycles. The van der Waals surface area contributed by atoms with Crippen LogP contribution in [0.5, 0.6) is 0 Å². The Morgan fingerprint density at radius 3 is 2.29 bits per heavy atom. The zero-order valence-electron chi connectivity index (χ0n) is 14.8. The molecule has 0 atom stereocenters. The van der Waals surface area contributed by atoms with Crippen molar-refractivity contribution in [1.82, 2.24) is 15.0 Å². The van der Waals surface area contributed by atoms with Gasteiger partial charge in [0.1, 0.15) is 11.4 Å². The van der Waals surface area contributed by atoms with Crippen molar-refractivity contribution >= 4 is 27.5 Å². The first-order valence-electron chi connectivity index (χ1n) is 9.10. The lowest BCUT2D eigenvalue weighted by Gasteiger charge is -2.20. The summed E-state index contributed by atoms with van der Waals surface area (Å²) in [6.07, 6.45) is 3.53. The zero-order valence-corrected chi connectivity index (χ0v) is 14.8. The molecule has 1 aliphatic rings. The number of fused-ring (bicyclic) bond motifs is 4. The quantitative estimate of drug-likeness (QED) is 0.385. The lowest BCUT2D eigenvalue weighted by molar-refractivity contribution is 0.103. The Labute approximate surface area is 160 Å². The van der Waals surface area contributed by atoms with Gasteiger partial charge >= 0.3 is 0 Å². The van der Waals surface area contributed by atoms with Gasteiger partial charge in [-0.25, -0.2) is 4.98 Å². The van der Waals surface area contributed by atoms with E-state index in [1.165, 1.54) is 0 Å². The van der Waals surface area contributed by atoms with Crippen LogP contribution in [0.2, 0.25) is 0 Å². The van der Waals surface area contributed by atoms with Crippen LogP contribution in [-0.4, -0.2) is 20.7 Å². The first kappa shape index (κ1) is 15.2. The Morgan fingerprint density at radius 2 is 1.39 bits per heavy atom. The van der Waals surface area contributed by atoms with Gasteiger partial charge in [0.05, 0.1) is 16.8 Å². The minimum absolute atomic E-state index is 0.0989. The number of rotatable bonds is 1. The van der Waals surface area contributed by atoms with E-state index >= 15 is 0 Å². The average Bonchev–Trinajstić information content (AvgIpc) is 2.77. The van der Waals surface area contributed by atoms with Gasteiger partial charge in [0, 0.05) is 23.2 Å². The lowest BCUT2D eigenvalue weighted by atomic mass is 9.86. The van der Waals surface area contributed by atoms with E-state index in [1.54, 1.807) is 12.4 Å². The smallest absolute Gasteiger partial charge is 0.214 e. The topological polar surface area (TPSA) is 55.7 Å². The number of ketones is 1. The number of hydrogen-bond donors (Lipinski definition) is 0. The molecule has 0 aliphatic heterocycles. The minimum atomic E-state index is -0.0989. The second kappa shape index (κ2) is 5.54. The normalized spacial score (nSPS) is 12.4. The molecule has 0 unspecified atom stereocenters. The van der Waals surface area contributed by atoms with Crippen LogP contribution in [0.4, 0.5) is 0 Å². The van der Waals surface area contributed by atoms with Crippen molar-refractivity contribution in [3.05, 3.63) is 90.4 Å². The van der Waals surface area contributed by atoms with Gasteiger partial charge in [0.2, 0.25) is 5.78 Å². The largest absolute Gasteiger partial charge is 0.287 e. The van der Waals surface area contributed by atoms with Crippen molar-refractivity contribution in [3.8, 4) is 22.5 Å². The maximum absolute atomic E-state index is 13.6. The van der Waals surface area contributed by atoms with E-state index in [9.17, 15) is 4.79 Å². The number of para-hydroxylation sites is 1. The molecule has 130 valence electrons. The van der Waals surface area contributed by atoms with E-state index in [4.69, 9.17) is 4.98 Å². The van der Waals surface area contributed by atoms with Gasteiger partial charge in [-0.15, -0.1) is 0 Å². The molecule has 0 saturated carbocycles. The van der Waals surface area contributed by atoms with E-state index in [0.29, 0.717) is 17.0 Å². The van der Waals surface area contributed by atoms with Crippen molar-refractivity contribution in [1.29, 1.82) is 0 Å². The molecule has 0 saturated heterocycles. The molecular weight excluding hydrogens is 346 g/mol. The Bertz CT molecular complexity index is 1420. The molecule has 4 heteroatoms. The molecule has 28 heavy (non-hydrogen) atoms. The van der Waals surface area contributed by atoms with Gasteiger partial charge in [-0.05, 0) is 34.7 Å². The third-order valence-electron chi connectivity index (χ3n) is 5.32. The van der Waals surface area contributed by atoms with Gasteiger partial charge in [0.15, 0.2) is 0 Å². The summed E-state index contributed by atoms with van der Waals surface area (Å²) in [5, 5.41) is 2.79. The van der Waals surface area contributed by atoms with Crippen molar-refractivity contribution < 1.29 is 4.79 Å². The van der Waals surface area contributed by atoms with E-state index < -0.39 is 0 Å². The second-order valence-corrected chi connectivity index (χ2v) is 6.84. The molecule has 0 bridgehead atoms. The average molecular weight is 359 g/mol. The number of nitrogens with zero attached hydrogens (tertiary/aromatic N) is 3. The van der Waals surface area contributed by atoms with Crippen LogP contribution in [0.15, 0.2) is 79.1 Å². The summed E-state index contributed by atoms with van der Waals surface area (Å²) in [6, 6.07) is 21.6. The number of hydrogen-bond acceptors (Lipinski definition) is 4. The zero-order chi connectivity index (χ0) is 18.7. The second-order valence-electron chi connectivity index (χ2n) is 6.84. The number of carbonyl (C=O) groups excluding carboxylic acids is 1. The van der Waals surface area contributed by atoms with Crippen LogP contribution < -0.4 is 0 Å². The Morgan fingerprint density at radius 1 is 0.643 bits per heavy atom. The standard InChI is InChI=1S/C24H13N3O/c28-24-20-15(14-6-2-1-3-7-14)10-12-26-22(20)21-19-17(11-13-25-21)16-8-4-5-9-18(16)27-23(19)24/h1-13H. The lowest BCUT2D eigenvalue weighted by Crippen LogP contribution is -2.15. The predicted octanol–water partition coefficient (Wildman–Crippen LogP) is 5.06. The third kappa shape index (κ3) is 1.94.